The molecule has 0 spiro atoms. The molecule has 0 saturated heterocycles. The molecule has 0 bridgehead atoms. The maximum absolute atomic E-state index is 13.9. The highest BCUT2D eigenvalue weighted by Crippen LogP contribution is 2.28. The molecule has 4 nitrogen and oxygen atoms in total. The summed E-state index contributed by atoms with van der Waals surface area (Å²) in [5, 5.41) is 0. The molecule has 0 aromatic heterocycles. The van der Waals surface area contributed by atoms with Crippen LogP contribution in [0.15, 0.2) is 18.2 Å². The van der Waals surface area contributed by atoms with E-state index in [4.69, 9.17) is 16.3 Å². The SMILES string of the molecule is C[C@@H](NS(=O)(=O)CCCCl)c1ccc(F)c(OC2CCCC2)c1. The molecule has 1 aliphatic rings. The second-order valence-electron chi connectivity index (χ2n) is 5.92. The maximum Gasteiger partial charge on any atom is 0.212 e. The quantitative estimate of drug-likeness (QED) is 0.715. The van der Waals surface area contributed by atoms with Crippen LogP contribution in [0.3, 0.4) is 0 Å². The average Bonchev–Trinajstić information content (AvgIpc) is 3.00. The van der Waals surface area contributed by atoms with Crippen molar-refractivity contribution in [3.8, 4) is 5.75 Å². The van der Waals surface area contributed by atoms with Crippen LogP contribution in [0.25, 0.3) is 0 Å². The number of ether oxygens (including phenoxy) is 1. The van der Waals surface area contributed by atoms with Crippen molar-refractivity contribution in [2.24, 2.45) is 0 Å². The summed E-state index contributed by atoms with van der Waals surface area (Å²) in [6.07, 6.45) is 4.51. The van der Waals surface area contributed by atoms with Gasteiger partial charge in [0.2, 0.25) is 10.0 Å². The normalized spacial score (nSPS) is 17.3. The van der Waals surface area contributed by atoms with Gasteiger partial charge in [-0.3, -0.25) is 0 Å². The van der Waals surface area contributed by atoms with E-state index in [0.29, 0.717) is 17.9 Å². The maximum atomic E-state index is 13.9. The van der Waals surface area contributed by atoms with E-state index in [0.717, 1.165) is 25.7 Å². The van der Waals surface area contributed by atoms with Crippen LogP contribution in [0, 0.1) is 5.82 Å². The summed E-state index contributed by atoms with van der Waals surface area (Å²) in [4.78, 5) is 0. The predicted octanol–water partition coefficient (Wildman–Crippen LogP) is 3.76. The second-order valence-corrected chi connectivity index (χ2v) is 8.17. The van der Waals surface area contributed by atoms with E-state index in [2.05, 4.69) is 4.72 Å². The molecule has 2 rings (SSSR count). The van der Waals surface area contributed by atoms with E-state index in [1.165, 1.54) is 6.07 Å². The summed E-state index contributed by atoms with van der Waals surface area (Å²) < 4.78 is 46.1. The van der Waals surface area contributed by atoms with Crippen molar-refractivity contribution in [2.45, 2.75) is 51.2 Å². The molecule has 1 saturated carbocycles. The Balaban J connectivity index is 2.06. The van der Waals surface area contributed by atoms with Crippen molar-refractivity contribution in [1.82, 2.24) is 4.72 Å². The van der Waals surface area contributed by atoms with Gasteiger partial charge >= 0.3 is 0 Å². The van der Waals surface area contributed by atoms with Gasteiger partial charge in [-0.25, -0.2) is 17.5 Å². The van der Waals surface area contributed by atoms with Crippen LogP contribution in [0.5, 0.6) is 5.75 Å². The molecule has 0 amide bonds. The molecular formula is C16H23ClFNO3S. The van der Waals surface area contributed by atoms with Crippen molar-refractivity contribution in [3.63, 3.8) is 0 Å². The van der Waals surface area contributed by atoms with E-state index in [9.17, 15) is 12.8 Å². The van der Waals surface area contributed by atoms with Gasteiger partial charge in [0.05, 0.1) is 11.9 Å². The zero-order valence-corrected chi connectivity index (χ0v) is 14.8. The first-order valence-corrected chi connectivity index (χ1v) is 10.1. The van der Waals surface area contributed by atoms with Crippen LogP contribution in [-0.2, 0) is 10.0 Å². The lowest BCUT2D eigenvalue weighted by Gasteiger charge is -2.18. The fourth-order valence-corrected chi connectivity index (χ4v) is 4.32. The monoisotopic (exact) mass is 363 g/mol. The summed E-state index contributed by atoms with van der Waals surface area (Å²) in [7, 11) is -3.41. The molecule has 0 aliphatic heterocycles. The number of sulfonamides is 1. The Hall–Kier alpha value is -0.850. The first kappa shape index (κ1) is 18.5. The van der Waals surface area contributed by atoms with Crippen molar-refractivity contribution < 1.29 is 17.5 Å². The Morgan fingerprint density at radius 3 is 2.74 bits per heavy atom. The highest BCUT2D eigenvalue weighted by Gasteiger charge is 2.20. The van der Waals surface area contributed by atoms with Gasteiger partial charge < -0.3 is 4.74 Å². The molecule has 1 N–H and O–H groups in total. The number of benzene rings is 1. The van der Waals surface area contributed by atoms with Gasteiger partial charge in [-0.2, -0.15) is 0 Å². The molecule has 0 heterocycles. The number of nitrogens with one attached hydrogen (secondary N) is 1. The van der Waals surface area contributed by atoms with Gasteiger partial charge in [0.25, 0.3) is 0 Å². The average molecular weight is 364 g/mol. The molecule has 1 aromatic carbocycles. The number of halogens is 2. The van der Waals surface area contributed by atoms with Gasteiger partial charge in [0, 0.05) is 11.9 Å². The first-order chi connectivity index (χ1) is 10.9. The Kier molecular flexibility index (Phi) is 6.68. The van der Waals surface area contributed by atoms with Crippen molar-refractivity contribution in [3.05, 3.63) is 29.6 Å². The highest BCUT2D eigenvalue weighted by molar-refractivity contribution is 7.89. The predicted molar refractivity (Wildman–Crippen MR) is 90.0 cm³/mol. The van der Waals surface area contributed by atoms with Crippen LogP contribution in [0.1, 0.15) is 50.6 Å². The summed E-state index contributed by atoms with van der Waals surface area (Å²) in [5.74, 6) is 0.0534. The zero-order chi connectivity index (χ0) is 16.9. The van der Waals surface area contributed by atoms with E-state index < -0.39 is 21.9 Å². The lowest BCUT2D eigenvalue weighted by molar-refractivity contribution is 0.200. The second kappa shape index (κ2) is 8.31. The smallest absolute Gasteiger partial charge is 0.212 e. The van der Waals surface area contributed by atoms with Crippen LogP contribution in [0.4, 0.5) is 4.39 Å². The molecule has 1 fully saturated rings. The van der Waals surface area contributed by atoms with E-state index >= 15 is 0 Å². The Morgan fingerprint density at radius 1 is 1.39 bits per heavy atom. The fourth-order valence-electron chi connectivity index (χ4n) is 2.71. The molecule has 0 radical (unpaired) electrons. The van der Waals surface area contributed by atoms with Gasteiger partial charge in [-0.15, -0.1) is 11.6 Å². The summed E-state index contributed by atoms with van der Waals surface area (Å²) in [5.41, 5.74) is 0.675. The van der Waals surface area contributed by atoms with Gasteiger partial charge in [-0.05, 0) is 56.7 Å². The third kappa shape index (κ3) is 5.62. The van der Waals surface area contributed by atoms with Crippen LogP contribution >= 0.6 is 11.6 Å². The third-order valence-corrected chi connectivity index (χ3v) is 5.76. The van der Waals surface area contributed by atoms with Crippen molar-refractivity contribution in [1.29, 1.82) is 0 Å². The van der Waals surface area contributed by atoms with Gasteiger partial charge in [-0.1, -0.05) is 6.07 Å². The summed E-state index contributed by atoms with van der Waals surface area (Å²) >= 11 is 5.53. The van der Waals surface area contributed by atoms with E-state index in [1.54, 1.807) is 19.1 Å². The minimum atomic E-state index is -3.41. The molecule has 0 unspecified atom stereocenters. The molecular weight excluding hydrogens is 341 g/mol. The number of rotatable bonds is 8. The minimum Gasteiger partial charge on any atom is -0.487 e. The van der Waals surface area contributed by atoms with Gasteiger partial charge in [0.1, 0.15) is 0 Å². The zero-order valence-electron chi connectivity index (χ0n) is 13.2. The number of alkyl halides is 1. The molecule has 1 aromatic rings. The molecule has 130 valence electrons. The third-order valence-electron chi connectivity index (χ3n) is 3.95. The summed E-state index contributed by atoms with van der Waals surface area (Å²) in [6, 6.07) is 4.03. The Labute approximate surface area is 142 Å². The first-order valence-electron chi connectivity index (χ1n) is 7.93. The van der Waals surface area contributed by atoms with Crippen LogP contribution in [0.2, 0.25) is 0 Å². The number of hydrogen-bond acceptors (Lipinski definition) is 3. The van der Waals surface area contributed by atoms with Crippen LogP contribution < -0.4 is 9.46 Å². The molecule has 1 atom stereocenters. The van der Waals surface area contributed by atoms with E-state index in [-0.39, 0.29) is 17.6 Å². The molecule has 23 heavy (non-hydrogen) atoms. The van der Waals surface area contributed by atoms with E-state index in [1.807, 2.05) is 0 Å². The topological polar surface area (TPSA) is 55.4 Å². The van der Waals surface area contributed by atoms with Crippen LogP contribution in [-0.4, -0.2) is 26.2 Å². The summed E-state index contributed by atoms with van der Waals surface area (Å²) in [6.45, 7) is 1.73. The van der Waals surface area contributed by atoms with Gasteiger partial charge in [0.15, 0.2) is 11.6 Å². The fraction of sp³-hybridized carbons (Fsp3) is 0.625. The van der Waals surface area contributed by atoms with Crippen molar-refractivity contribution >= 4 is 21.6 Å². The van der Waals surface area contributed by atoms with Crippen molar-refractivity contribution in [2.75, 3.05) is 11.6 Å². The lowest BCUT2D eigenvalue weighted by atomic mass is 10.1. The minimum absolute atomic E-state index is 0.0204. The molecule has 1 aliphatic carbocycles. The lowest BCUT2D eigenvalue weighted by Crippen LogP contribution is -2.29. The highest BCUT2D eigenvalue weighted by atomic mass is 35.5. The Morgan fingerprint density at radius 2 is 2.09 bits per heavy atom. The molecule has 7 heteroatoms. The largest absolute Gasteiger partial charge is 0.487 e. The number of hydrogen-bond donors (Lipinski definition) is 1. The Bertz CT molecular complexity index is 618. The standard InChI is InChI=1S/C16H23ClFNO3S/c1-12(19-23(20,21)10-4-9-17)13-7-8-15(18)16(11-13)22-14-5-2-3-6-14/h7-8,11-12,14,19H,2-6,9-10H2,1H3/t12-/m1/s1.